The van der Waals surface area contributed by atoms with Crippen LogP contribution in [0.2, 0.25) is 10.0 Å². The number of guanidine groups is 1. The molecule has 1 aromatic carbocycles. The van der Waals surface area contributed by atoms with Crippen molar-refractivity contribution in [3.8, 4) is 11.4 Å². The van der Waals surface area contributed by atoms with Crippen molar-refractivity contribution in [2.75, 3.05) is 20.6 Å². The Hall–Kier alpha value is -2.51. The van der Waals surface area contributed by atoms with Crippen LogP contribution in [-0.2, 0) is 20.0 Å². The number of nitrogens with one attached hydrogen (secondary N) is 1. The lowest BCUT2D eigenvalue weighted by atomic mass is 10.2. The molecule has 0 amide bonds. The smallest absolute Gasteiger partial charge is 0.228 e. The van der Waals surface area contributed by atoms with Gasteiger partial charge in [-0.3, -0.25) is 4.99 Å². The molecular weight excluding hydrogens is 399 g/mol. The molecule has 0 saturated carbocycles. The summed E-state index contributed by atoms with van der Waals surface area (Å²) >= 11 is 12.0. The molecule has 3 rings (SSSR count). The summed E-state index contributed by atoms with van der Waals surface area (Å²) < 4.78 is 7.34. The molecule has 0 radical (unpaired) electrons. The van der Waals surface area contributed by atoms with E-state index in [1.165, 1.54) is 0 Å². The van der Waals surface area contributed by atoms with Crippen LogP contribution in [0, 0.1) is 0 Å². The first-order valence-electron chi connectivity index (χ1n) is 8.77. The summed E-state index contributed by atoms with van der Waals surface area (Å²) in [5, 5.41) is 8.73. The van der Waals surface area contributed by atoms with E-state index in [1.807, 2.05) is 48.0 Å². The summed E-state index contributed by atoms with van der Waals surface area (Å²) in [6, 6.07) is 9.27. The van der Waals surface area contributed by atoms with Gasteiger partial charge in [0.15, 0.2) is 5.96 Å². The molecule has 3 aromatic rings. The molecule has 0 aliphatic rings. The second kappa shape index (κ2) is 9.12. The Morgan fingerprint density at radius 3 is 2.64 bits per heavy atom. The standard InChI is InChI=1S/C19H22Cl2N6O/c1-22-19(27(3)12-16-10-15(21)11-26(16)2)23-9-8-17-24-18(25-28-17)13-4-6-14(20)7-5-13/h4-7,10-11H,8-9,12H2,1-3H3,(H,22,23). The van der Waals surface area contributed by atoms with Crippen LogP contribution in [0.5, 0.6) is 0 Å². The van der Waals surface area contributed by atoms with Crippen molar-refractivity contribution < 1.29 is 4.52 Å². The monoisotopic (exact) mass is 420 g/mol. The maximum absolute atomic E-state index is 6.05. The van der Waals surface area contributed by atoms with E-state index in [-0.39, 0.29) is 0 Å². The van der Waals surface area contributed by atoms with Crippen LogP contribution in [0.4, 0.5) is 0 Å². The van der Waals surface area contributed by atoms with Gasteiger partial charge in [0.25, 0.3) is 0 Å². The molecule has 0 bridgehead atoms. The van der Waals surface area contributed by atoms with Gasteiger partial charge in [-0.15, -0.1) is 0 Å². The van der Waals surface area contributed by atoms with E-state index in [0.29, 0.717) is 36.2 Å². The van der Waals surface area contributed by atoms with Crippen LogP contribution < -0.4 is 5.32 Å². The molecule has 1 N–H and O–H groups in total. The number of hydrogen-bond donors (Lipinski definition) is 1. The highest BCUT2D eigenvalue weighted by molar-refractivity contribution is 6.30. The van der Waals surface area contributed by atoms with E-state index in [1.54, 1.807) is 19.2 Å². The quantitative estimate of drug-likeness (QED) is 0.486. The molecule has 0 fully saturated rings. The van der Waals surface area contributed by atoms with Gasteiger partial charge in [-0.25, -0.2) is 0 Å². The fourth-order valence-electron chi connectivity index (χ4n) is 2.78. The van der Waals surface area contributed by atoms with Gasteiger partial charge < -0.3 is 19.3 Å². The van der Waals surface area contributed by atoms with E-state index >= 15 is 0 Å². The number of aliphatic imine (C=N–C) groups is 1. The third-order valence-corrected chi connectivity index (χ3v) is 4.70. The minimum absolute atomic E-state index is 0.550. The highest BCUT2D eigenvalue weighted by Gasteiger charge is 2.12. The largest absolute Gasteiger partial charge is 0.356 e. The maximum Gasteiger partial charge on any atom is 0.228 e. The molecule has 148 valence electrons. The summed E-state index contributed by atoms with van der Waals surface area (Å²) in [5.41, 5.74) is 1.96. The SMILES string of the molecule is CN=C(NCCc1nc(-c2ccc(Cl)cc2)no1)N(C)Cc1cc(Cl)cn1C. The Morgan fingerprint density at radius 1 is 1.25 bits per heavy atom. The van der Waals surface area contributed by atoms with E-state index in [0.717, 1.165) is 22.2 Å². The van der Waals surface area contributed by atoms with E-state index < -0.39 is 0 Å². The maximum atomic E-state index is 6.05. The first-order chi connectivity index (χ1) is 13.5. The van der Waals surface area contributed by atoms with Crippen molar-refractivity contribution in [1.29, 1.82) is 0 Å². The van der Waals surface area contributed by atoms with Gasteiger partial charge in [-0.2, -0.15) is 4.98 Å². The lowest BCUT2D eigenvalue weighted by Crippen LogP contribution is -2.39. The fourth-order valence-corrected chi connectivity index (χ4v) is 3.18. The molecule has 0 aliphatic carbocycles. The van der Waals surface area contributed by atoms with Gasteiger partial charge in [0.1, 0.15) is 0 Å². The van der Waals surface area contributed by atoms with Crippen LogP contribution in [0.25, 0.3) is 11.4 Å². The van der Waals surface area contributed by atoms with E-state index in [2.05, 4.69) is 20.4 Å². The Balaban J connectivity index is 1.53. The number of hydrogen-bond acceptors (Lipinski definition) is 4. The Kier molecular flexibility index (Phi) is 6.59. The normalized spacial score (nSPS) is 11.7. The summed E-state index contributed by atoms with van der Waals surface area (Å²) in [7, 11) is 5.70. The third-order valence-electron chi connectivity index (χ3n) is 4.24. The molecule has 0 aliphatic heterocycles. The minimum atomic E-state index is 0.550. The number of halogens is 2. The highest BCUT2D eigenvalue weighted by atomic mass is 35.5. The van der Waals surface area contributed by atoms with Crippen molar-refractivity contribution in [1.82, 2.24) is 24.9 Å². The summed E-state index contributed by atoms with van der Waals surface area (Å²) in [6.45, 7) is 1.30. The second-order valence-corrected chi connectivity index (χ2v) is 7.23. The number of benzene rings is 1. The predicted molar refractivity (Wildman–Crippen MR) is 112 cm³/mol. The van der Waals surface area contributed by atoms with Gasteiger partial charge >= 0.3 is 0 Å². The lowest BCUT2D eigenvalue weighted by molar-refractivity contribution is 0.377. The lowest BCUT2D eigenvalue weighted by Gasteiger charge is -2.22. The van der Waals surface area contributed by atoms with Gasteiger partial charge in [0.05, 0.1) is 11.6 Å². The Labute approximate surface area is 174 Å². The van der Waals surface area contributed by atoms with Crippen molar-refractivity contribution >= 4 is 29.2 Å². The Morgan fingerprint density at radius 2 is 2.00 bits per heavy atom. The van der Waals surface area contributed by atoms with Crippen LogP contribution in [-0.4, -0.2) is 46.2 Å². The fraction of sp³-hybridized carbons (Fsp3) is 0.316. The second-order valence-electron chi connectivity index (χ2n) is 6.36. The van der Waals surface area contributed by atoms with Crippen molar-refractivity contribution in [2.24, 2.45) is 12.0 Å². The van der Waals surface area contributed by atoms with Crippen LogP contribution in [0.15, 0.2) is 46.0 Å². The average Bonchev–Trinajstić information content (AvgIpc) is 3.25. The summed E-state index contributed by atoms with van der Waals surface area (Å²) in [4.78, 5) is 10.8. The topological polar surface area (TPSA) is 71.5 Å². The van der Waals surface area contributed by atoms with E-state index in [9.17, 15) is 0 Å². The molecular formula is C19H22Cl2N6O. The first-order valence-corrected chi connectivity index (χ1v) is 9.53. The van der Waals surface area contributed by atoms with Crippen LogP contribution >= 0.6 is 23.2 Å². The molecule has 0 saturated heterocycles. The highest BCUT2D eigenvalue weighted by Crippen LogP contribution is 2.18. The van der Waals surface area contributed by atoms with Gasteiger partial charge in [-0.1, -0.05) is 28.4 Å². The zero-order chi connectivity index (χ0) is 20.1. The van der Waals surface area contributed by atoms with Crippen LogP contribution in [0.3, 0.4) is 0 Å². The molecule has 2 heterocycles. The van der Waals surface area contributed by atoms with Crippen LogP contribution in [0.1, 0.15) is 11.6 Å². The molecule has 0 spiro atoms. The molecule has 28 heavy (non-hydrogen) atoms. The summed E-state index contributed by atoms with van der Waals surface area (Å²) in [5.74, 6) is 1.88. The molecule has 0 atom stereocenters. The molecule has 9 heteroatoms. The Bertz CT molecular complexity index is 948. The number of aryl methyl sites for hydroxylation is 1. The molecule has 2 aromatic heterocycles. The van der Waals surface area contributed by atoms with Gasteiger partial charge in [0, 0.05) is 56.6 Å². The van der Waals surface area contributed by atoms with Crippen molar-refractivity contribution in [3.63, 3.8) is 0 Å². The van der Waals surface area contributed by atoms with E-state index in [4.69, 9.17) is 27.7 Å². The average molecular weight is 421 g/mol. The van der Waals surface area contributed by atoms with Crippen molar-refractivity contribution in [2.45, 2.75) is 13.0 Å². The molecule has 0 unspecified atom stereocenters. The van der Waals surface area contributed by atoms with Gasteiger partial charge in [0.2, 0.25) is 11.7 Å². The zero-order valence-corrected chi connectivity index (χ0v) is 17.5. The number of rotatable bonds is 6. The van der Waals surface area contributed by atoms with Gasteiger partial charge in [-0.05, 0) is 30.3 Å². The number of aromatic nitrogens is 3. The minimum Gasteiger partial charge on any atom is -0.356 e. The molecule has 7 nitrogen and oxygen atoms in total. The van der Waals surface area contributed by atoms with Crippen molar-refractivity contribution in [3.05, 3.63) is 58.2 Å². The number of nitrogens with zero attached hydrogens (tertiary/aromatic N) is 5. The zero-order valence-electron chi connectivity index (χ0n) is 16.0. The predicted octanol–water partition coefficient (Wildman–Crippen LogP) is 3.63. The first kappa shape index (κ1) is 20.2. The third kappa shape index (κ3) is 5.05. The summed E-state index contributed by atoms with van der Waals surface area (Å²) in [6.07, 6.45) is 2.47.